The average molecular weight is 231 g/mol. The molecule has 1 aromatic heterocycles. The largest absolute Gasteiger partial charge is 0.497 e. The highest BCUT2D eigenvalue weighted by molar-refractivity contribution is 5.56. The molecule has 0 unspecified atom stereocenters. The van der Waals surface area contributed by atoms with Crippen molar-refractivity contribution in [2.75, 3.05) is 12.8 Å². The minimum absolute atomic E-state index is 0.271. The molecule has 0 saturated carbocycles. The van der Waals surface area contributed by atoms with Crippen LogP contribution in [0, 0.1) is 6.92 Å². The lowest BCUT2D eigenvalue weighted by Gasteiger charge is -2.08. The average Bonchev–Trinajstić information content (AvgIpc) is 2.34. The summed E-state index contributed by atoms with van der Waals surface area (Å²) in [6.45, 7) is 1.91. The van der Waals surface area contributed by atoms with E-state index in [0.717, 1.165) is 5.56 Å². The SMILES string of the molecule is COc1ccc(Oc2ncc(C)cn2)c(N)c1. The summed E-state index contributed by atoms with van der Waals surface area (Å²) >= 11 is 0. The molecule has 0 atom stereocenters. The lowest BCUT2D eigenvalue weighted by atomic mass is 10.3. The number of aromatic nitrogens is 2. The number of benzene rings is 1. The third-order valence-electron chi connectivity index (χ3n) is 2.18. The molecule has 0 aliphatic carbocycles. The first-order chi connectivity index (χ1) is 8.19. The molecule has 0 radical (unpaired) electrons. The Labute approximate surface area is 99.2 Å². The smallest absolute Gasteiger partial charge is 0.321 e. The van der Waals surface area contributed by atoms with Crippen molar-refractivity contribution in [3.05, 3.63) is 36.2 Å². The Morgan fingerprint density at radius 2 is 1.88 bits per heavy atom. The lowest BCUT2D eigenvalue weighted by Crippen LogP contribution is -1.96. The molecule has 0 amide bonds. The van der Waals surface area contributed by atoms with Crippen molar-refractivity contribution in [3.8, 4) is 17.5 Å². The second-order valence-corrected chi connectivity index (χ2v) is 3.55. The van der Waals surface area contributed by atoms with E-state index in [1.165, 1.54) is 0 Å². The molecule has 0 aliphatic heterocycles. The number of methoxy groups -OCH3 is 1. The van der Waals surface area contributed by atoms with Gasteiger partial charge in [0.15, 0.2) is 5.75 Å². The van der Waals surface area contributed by atoms with Gasteiger partial charge >= 0.3 is 6.01 Å². The second kappa shape index (κ2) is 4.69. The zero-order valence-electron chi connectivity index (χ0n) is 9.68. The van der Waals surface area contributed by atoms with E-state index in [4.69, 9.17) is 15.2 Å². The van der Waals surface area contributed by atoms with Crippen LogP contribution in [0.2, 0.25) is 0 Å². The van der Waals surface area contributed by atoms with Gasteiger partial charge in [-0.05, 0) is 24.6 Å². The van der Waals surface area contributed by atoms with Crippen LogP contribution in [0.15, 0.2) is 30.6 Å². The lowest BCUT2D eigenvalue weighted by molar-refractivity contribution is 0.411. The van der Waals surface area contributed by atoms with E-state index in [1.807, 2.05) is 6.92 Å². The fourth-order valence-electron chi connectivity index (χ4n) is 1.28. The molecular weight excluding hydrogens is 218 g/mol. The summed E-state index contributed by atoms with van der Waals surface area (Å²) < 4.78 is 10.5. The van der Waals surface area contributed by atoms with Crippen molar-refractivity contribution in [3.63, 3.8) is 0 Å². The molecule has 0 saturated heterocycles. The van der Waals surface area contributed by atoms with Gasteiger partial charge in [0.05, 0.1) is 12.8 Å². The highest BCUT2D eigenvalue weighted by Gasteiger charge is 2.05. The molecule has 2 aromatic rings. The molecule has 2 N–H and O–H groups in total. The molecule has 0 bridgehead atoms. The maximum absolute atomic E-state index is 5.81. The van der Waals surface area contributed by atoms with Crippen molar-refractivity contribution in [2.45, 2.75) is 6.92 Å². The zero-order valence-corrected chi connectivity index (χ0v) is 9.68. The van der Waals surface area contributed by atoms with Gasteiger partial charge < -0.3 is 15.2 Å². The molecular formula is C12H13N3O2. The van der Waals surface area contributed by atoms with Crippen molar-refractivity contribution < 1.29 is 9.47 Å². The summed E-state index contributed by atoms with van der Waals surface area (Å²) in [5.41, 5.74) is 7.27. The molecule has 5 heteroatoms. The van der Waals surface area contributed by atoms with E-state index in [9.17, 15) is 0 Å². The quantitative estimate of drug-likeness (QED) is 0.820. The first-order valence-electron chi connectivity index (χ1n) is 5.09. The Kier molecular flexibility index (Phi) is 3.09. The van der Waals surface area contributed by atoms with E-state index in [1.54, 1.807) is 37.7 Å². The maximum Gasteiger partial charge on any atom is 0.321 e. The Morgan fingerprint density at radius 1 is 1.18 bits per heavy atom. The van der Waals surface area contributed by atoms with Gasteiger partial charge in [-0.15, -0.1) is 0 Å². The number of hydrogen-bond acceptors (Lipinski definition) is 5. The van der Waals surface area contributed by atoms with E-state index >= 15 is 0 Å². The Hall–Kier alpha value is -2.30. The van der Waals surface area contributed by atoms with Crippen LogP contribution in [0.5, 0.6) is 17.5 Å². The summed E-state index contributed by atoms with van der Waals surface area (Å²) in [6.07, 6.45) is 3.37. The molecule has 0 spiro atoms. The topological polar surface area (TPSA) is 70.3 Å². The monoisotopic (exact) mass is 231 g/mol. The molecule has 5 nitrogen and oxygen atoms in total. The van der Waals surface area contributed by atoms with Crippen molar-refractivity contribution in [1.29, 1.82) is 0 Å². The van der Waals surface area contributed by atoms with Gasteiger partial charge in [0.25, 0.3) is 0 Å². The van der Waals surface area contributed by atoms with E-state index < -0.39 is 0 Å². The summed E-state index contributed by atoms with van der Waals surface area (Å²) in [5, 5.41) is 0. The van der Waals surface area contributed by atoms with Crippen LogP contribution in [0.1, 0.15) is 5.56 Å². The minimum Gasteiger partial charge on any atom is -0.497 e. The van der Waals surface area contributed by atoms with Crippen LogP contribution >= 0.6 is 0 Å². The second-order valence-electron chi connectivity index (χ2n) is 3.55. The summed E-state index contributed by atoms with van der Waals surface area (Å²) in [4.78, 5) is 8.07. The van der Waals surface area contributed by atoms with E-state index in [2.05, 4.69) is 9.97 Å². The summed E-state index contributed by atoms with van der Waals surface area (Å²) in [7, 11) is 1.58. The van der Waals surface area contributed by atoms with Crippen molar-refractivity contribution >= 4 is 5.69 Å². The number of nitrogen functional groups attached to an aromatic ring is 1. The van der Waals surface area contributed by atoms with Gasteiger partial charge in [0.1, 0.15) is 5.75 Å². The van der Waals surface area contributed by atoms with Crippen LogP contribution in [0.25, 0.3) is 0 Å². The van der Waals surface area contributed by atoms with Gasteiger partial charge in [0.2, 0.25) is 0 Å². The Morgan fingerprint density at radius 3 is 2.47 bits per heavy atom. The van der Waals surface area contributed by atoms with Gasteiger partial charge in [-0.1, -0.05) is 0 Å². The first-order valence-corrected chi connectivity index (χ1v) is 5.09. The van der Waals surface area contributed by atoms with E-state index in [-0.39, 0.29) is 6.01 Å². The molecule has 88 valence electrons. The van der Waals surface area contributed by atoms with E-state index in [0.29, 0.717) is 17.2 Å². The molecule has 0 fully saturated rings. The number of aryl methyl sites for hydroxylation is 1. The van der Waals surface area contributed by atoms with Crippen molar-refractivity contribution in [1.82, 2.24) is 9.97 Å². The molecule has 17 heavy (non-hydrogen) atoms. The fraction of sp³-hybridized carbons (Fsp3) is 0.167. The van der Waals surface area contributed by atoms with Crippen LogP contribution in [0.3, 0.4) is 0 Å². The van der Waals surface area contributed by atoms with Crippen molar-refractivity contribution in [2.24, 2.45) is 0 Å². The Bertz CT molecular complexity index is 512. The number of rotatable bonds is 3. The Balaban J connectivity index is 2.21. The number of ether oxygens (including phenoxy) is 2. The van der Waals surface area contributed by atoms with Gasteiger partial charge in [0, 0.05) is 18.5 Å². The number of anilines is 1. The van der Waals surface area contributed by atoms with Gasteiger partial charge in [-0.25, -0.2) is 9.97 Å². The third kappa shape index (κ3) is 2.63. The number of nitrogens with two attached hydrogens (primary N) is 1. The normalized spacial score (nSPS) is 10.0. The minimum atomic E-state index is 0.271. The number of hydrogen-bond donors (Lipinski definition) is 1. The highest BCUT2D eigenvalue weighted by Crippen LogP contribution is 2.28. The summed E-state index contributed by atoms with van der Waals surface area (Å²) in [6, 6.07) is 5.44. The van der Waals surface area contributed by atoms with Gasteiger partial charge in [-0.2, -0.15) is 0 Å². The predicted molar refractivity (Wildman–Crippen MR) is 64.2 cm³/mol. The standard InChI is InChI=1S/C12H13N3O2/c1-8-6-14-12(15-7-8)17-11-4-3-9(16-2)5-10(11)13/h3-7H,13H2,1-2H3. The first kappa shape index (κ1) is 11.2. The predicted octanol–water partition coefficient (Wildman–Crippen LogP) is 2.17. The van der Waals surface area contributed by atoms with Crippen LogP contribution in [0.4, 0.5) is 5.69 Å². The van der Waals surface area contributed by atoms with Crippen LogP contribution in [-0.2, 0) is 0 Å². The zero-order chi connectivity index (χ0) is 12.3. The molecule has 0 aliphatic rings. The molecule has 1 heterocycles. The fourth-order valence-corrected chi connectivity index (χ4v) is 1.28. The molecule has 1 aromatic carbocycles. The summed E-state index contributed by atoms with van der Waals surface area (Å²) in [5.74, 6) is 1.19. The van der Waals surface area contributed by atoms with Crippen LogP contribution in [-0.4, -0.2) is 17.1 Å². The third-order valence-corrected chi connectivity index (χ3v) is 2.18. The highest BCUT2D eigenvalue weighted by atomic mass is 16.5. The van der Waals surface area contributed by atoms with Crippen LogP contribution < -0.4 is 15.2 Å². The van der Waals surface area contributed by atoms with Gasteiger partial charge in [-0.3, -0.25) is 0 Å². The maximum atomic E-state index is 5.81. The number of nitrogens with zero attached hydrogens (tertiary/aromatic N) is 2. The molecule has 2 rings (SSSR count).